The molecule has 3 heterocycles. The normalized spacial score (nSPS) is 14.2. The fourth-order valence-corrected chi connectivity index (χ4v) is 10.6. The Morgan fingerprint density at radius 1 is 0.403 bits per heavy atom. The zero-order chi connectivity index (χ0) is 47.9. The quantitative estimate of drug-likeness (QED) is 0.165. The van der Waals surface area contributed by atoms with Crippen molar-refractivity contribution in [3.05, 3.63) is 161 Å². The summed E-state index contributed by atoms with van der Waals surface area (Å²) in [5.41, 5.74) is 23.3. The third-order valence-corrected chi connectivity index (χ3v) is 14.6. The van der Waals surface area contributed by atoms with Crippen molar-refractivity contribution in [2.45, 2.75) is 138 Å². The van der Waals surface area contributed by atoms with E-state index in [1.54, 1.807) is 0 Å². The fourth-order valence-electron chi connectivity index (χ4n) is 10.6. The minimum Gasteiger partial charge on any atom is -0.455 e. The number of hydrogen-bond donors (Lipinski definition) is 0. The van der Waals surface area contributed by atoms with Crippen molar-refractivity contribution >= 4 is 79.2 Å². The lowest BCUT2D eigenvalue weighted by Gasteiger charge is -2.45. The van der Waals surface area contributed by atoms with Crippen molar-refractivity contribution in [1.82, 2.24) is 0 Å². The van der Waals surface area contributed by atoms with Gasteiger partial charge in [0.15, 0.2) is 0 Å². The number of para-hydroxylation sites is 1. The molecular formula is C63H69BN2O. The van der Waals surface area contributed by atoms with Crippen molar-refractivity contribution < 1.29 is 4.42 Å². The number of benzene rings is 7. The van der Waals surface area contributed by atoms with Gasteiger partial charge in [-0.15, -0.1) is 0 Å². The standard InChI is InChI=1S/C63H69BN2O/c1-38-32-54-56-55(33-38)66(45-28-22-40(23-29-45)59(2,3)4)53-31-25-42(61(8,9)10)37-51(53)64(56)50-36-41(60(5,6)7)24-30-52(50)65(54)44-26-20-39(21-27-44)46-18-17-19-47-48-34-43(62(11,12)13)35-49(63(14,15)16)58(48)67-57(46)47/h17-37H,1-16H3. The number of furan rings is 1. The van der Waals surface area contributed by atoms with E-state index < -0.39 is 0 Å². The van der Waals surface area contributed by atoms with E-state index in [-0.39, 0.29) is 33.8 Å². The van der Waals surface area contributed by atoms with E-state index in [1.165, 1.54) is 83.6 Å². The van der Waals surface area contributed by atoms with Crippen molar-refractivity contribution in [3.8, 4) is 11.1 Å². The van der Waals surface area contributed by atoms with Crippen LogP contribution in [0, 0.1) is 6.92 Å². The molecule has 2 aliphatic heterocycles. The molecule has 3 nitrogen and oxygen atoms in total. The lowest BCUT2D eigenvalue weighted by Crippen LogP contribution is -2.61. The van der Waals surface area contributed by atoms with Crippen LogP contribution in [0.1, 0.15) is 137 Å². The van der Waals surface area contributed by atoms with Crippen LogP contribution in [-0.4, -0.2) is 6.71 Å². The van der Waals surface area contributed by atoms with Gasteiger partial charge >= 0.3 is 0 Å². The summed E-state index contributed by atoms with van der Waals surface area (Å²) in [4.78, 5) is 5.08. The highest BCUT2D eigenvalue weighted by molar-refractivity contribution is 7.00. The van der Waals surface area contributed by atoms with E-state index in [2.05, 4.69) is 248 Å². The van der Waals surface area contributed by atoms with Crippen molar-refractivity contribution in [1.29, 1.82) is 0 Å². The highest BCUT2D eigenvalue weighted by Gasteiger charge is 2.44. The first-order chi connectivity index (χ1) is 31.3. The molecule has 2 aliphatic rings. The number of aryl methyl sites for hydroxylation is 1. The minimum absolute atomic E-state index is 0.0118. The molecule has 4 heteroatoms. The summed E-state index contributed by atoms with van der Waals surface area (Å²) >= 11 is 0. The predicted molar refractivity (Wildman–Crippen MR) is 291 cm³/mol. The third-order valence-electron chi connectivity index (χ3n) is 14.6. The molecule has 340 valence electrons. The molecule has 0 amide bonds. The first-order valence-corrected chi connectivity index (χ1v) is 24.5. The molecule has 0 aliphatic carbocycles. The van der Waals surface area contributed by atoms with Crippen LogP contribution in [0.25, 0.3) is 33.1 Å². The first-order valence-electron chi connectivity index (χ1n) is 24.5. The van der Waals surface area contributed by atoms with E-state index in [1.807, 2.05) is 0 Å². The van der Waals surface area contributed by atoms with E-state index in [9.17, 15) is 0 Å². The Morgan fingerprint density at radius 3 is 1.36 bits per heavy atom. The topological polar surface area (TPSA) is 19.6 Å². The summed E-state index contributed by atoms with van der Waals surface area (Å²) in [6, 6.07) is 49.3. The van der Waals surface area contributed by atoms with Gasteiger partial charge in [0.1, 0.15) is 11.2 Å². The number of anilines is 6. The van der Waals surface area contributed by atoms with Gasteiger partial charge in [-0.25, -0.2) is 0 Å². The van der Waals surface area contributed by atoms with E-state index in [4.69, 9.17) is 4.42 Å². The molecule has 0 N–H and O–H groups in total. The van der Waals surface area contributed by atoms with Crippen molar-refractivity contribution in [3.63, 3.8) is 0 Å². The molecule has 0 fully saturated rings. The molecule has 0 radical (unpaired) electrons. The van der Waals surface area contributed by atoms with Gasteiger partial charge in [0.25, 0.3) is 6.71 Å². The summed E-state index contributed by atoms with van der Waals surface area (Å²) in [5.74, 6) is 0. The molecule has 1 aromatic heterocycles. The van der Waals surface area contributed by atoms with Crippen LogP contribution in [0.4, 0.5) is 34.1 Å². The van der Waals surface area contributed by atoms with Crippen LogP contribution >= 0.6 is 0 Å². The Bertz CT molecular complexity index is 3260. The first kappa shape index (κ1) is 44.8. The Balaban J connectivity index is 1.18. The molecule has 10 rings (SSSR count). The smallest absolute Gasteiger partial charge is 0.252 e. The van der Waals surface area contributed by atoms with Crippen LogP contribution in [0.15, 0.2) is 132 Å². The summed E-state index contributed by atoms with van der Waals surface area (Å²) in [7, 11) is 0. The largest absolute Gasteiger partial charge is 0.455 e. The summed E-state index contributed by atoms with van der Waals surface area (Å²) < 4.78 is 7.01. The number of fused-ring (bicyclic) bond motifs is 7. The summed E-state index contributed by atoms with van der Waals surface area (Å²) in [6.07, 6.45) is 0. The number of rotatable bonds is 3. The van der Waals surface area contributed by atoms with Gasteiger partial charge in [-0.2, -0.15) is 0 Å². The van der Waals surface area contributed by atoms with Crippen LogP contribution in [0.2, 0.25) is 0 Å². The third kappa shape index (κ3) is 7.51. The molecular weight excluding hydrogens is 812 g/mol. The highest BCUT2D eigenvalue weighted by Crippen LogP contribution is 2.47. The van der Waals surface area contributed by atoms with Crippen LogP contribution in [0.5, 0.6) is 0 Å². The van der Waals surface area contributed by atoms with Crippen LogP contribution in [-0.2, 0) is 27.1 Å². The average molecular weight is 881 g/mol. The van der Waals surface area contributed by atoms with Crippen LogP contribution < -0.4 is 26.2 Å². The molecule has 67 heavy (non-hydrogen) atoms. The molecule has 7 aromatic carbocycles. The zero-order valence-corrected chi connectivity index (χ0v) is 43.0. The Labute approximate surface area is 401 Å². The van der Waals surface area contributed by atoms with Crippen molar-refractivity contribution in [2.24, 2.45) is 0 Å². The van der Waals surface area contributed by atoms with Gasteiger partial charge in [0.2, 0.25) is 0 Å². The Morgan fingerprint density at radius 2 is 0.881 bits per heavy atom. The molecule has 0 saturated heterocycles. The highest BCUT2D eigenvalue weighted by atomic mass is 16.3. The van der Waals surface area contributed by atoms with Gasteiger partial charge in [-0.1, -0.05) is 177 Å². The van der Waals surface area contributed by atoms with Crippen molar-refractivity contribution in [2.75, 3.05) is 9.80 Å². The lowest BCUT2D eigenvalue weighted by molar-refractivity contribution is 0.559. The zero-order valence-electron chi connectivity index (χ0n) is 43.0. The second-order valence-corrected chi connectivity index (χ2v) is 24.9. The van der Waals surface area contributed by atoms with Gasteiger partial charge in [0.05, 0.1) is 0 Å². The molecule has 0 saturated carbocycles. The monoisotopic (exact) mass is 881 g/mol. The number of hydrogen-bond acceptors (Lipinski definition) is 3. The maximum Gasteiger partial charge on any atom is 0.252 e. The van der Waals surface area contributed by atoms with Gasteiger partial charge in [-0.05, 0) is 138 Å². The van der Waals surface area contributed by atoms with Gasteiger partial charge < -0.3 is 14.2 Å². The summed E-state index contributed by atoms with van der Waals surface area (Å²) in [6.45, 7) is 37.0. The lowest BCUT2D eigenvalue weighted by atomic mass is 9.33. The fraction of sp³-hybridized carbons (Fsp3) is 0.333. The minimum atomic E-state index is -0.0769. The predicted octanol–water partition coefficient (Wildman–Crippen LogP) is 16.1. The summed E-state index contributed by atoms with van der Waals surface area (Å²) in [5, 5.41) is 2.36. The van der Waals surface area contributed by atoms with E-state index in [0.29, 0.717) is 0 Å². The van der Waals surface area contributed by atoms with E-state index >= 15 is 0 Å². The van der Waals surface area contributed by atoms with Crippen LogP contribution in [0.3, 0.4) is 0 Å². The average Bonchev–Trinajstić information content (AvgIpc) is 3.63. The maximum atomic E-state index is 7.01. The van der Waals surface area contributed by atoms with Gasteiger partial charge in [0, 0.05) is 56.0 Å². The molecule has 0 bridgehead atoms. The SMILES string of the molecule is Cc1cc2c3c(c1)N(c1ccc(C(C)(C)C)cc1)c1ccc(C(C)(C)C)cc1B3c1cc(C(C)(C)C)ccc1N2c1ccc(-c2cccc3c2oc2c(C(C)(C)C)cc(C(C)(C)C)cc23)cc1. The van der Waals surface area contributed by atoms with E-state index in [0.717, 1.165) is 33.4 Å². The maximum absolute atomic E-state index is 7.01. The second kappa shape index (κ2) is 15.0. The molecule has 8 aromatic rings. The molecule has 0 unspecified atom stereocenters. The Kier molecular flexibility index (Phi) is 10.0. The van der Waals surface area contributed by atoms with Gasteiger partial charge in [-0.3, -0.25) is 0 Å². The second-order valence-electron chi connectivity index (χ2n) is 24.9. The Hall–Kier alpha value is -6.00. The molecule has 0 spiro atoms. The molecule has 0 atom stereocenters. The number of nitrogens with zero attached hydrogens (tertiary/aromatic N) is 2.